The summed E-state index contributed by atoms with van der Waals surface area (Å²) in [7, 11) is 0. The molecule has 0 saturated heterocycles. The monoisotopic (exact) mass is 128 g/mol. The van der Waals surface area contributed by atoms with E-state index in [0.29, 0.717) is 10.6 Å². The molecule has 0 radical (unpaired) electrons. The summed E-state index contributed by atoms with van der Waals surface area (Å²) >= 11 is 4.59. The first-order chi connectivity index (χ1) is 3.80. The van der Waals surface area contributed by atoms with Gasteiger partial charge in [-0.25, -0.2) is 0 Å². The normalized spacial score (nSPS) is 9.00. The topological polar surface area (TPSA) is 52.0 Å². The molecule has 0 spiro atoms. The van der Waals surface area contributed by atoms with Crippen molar-refractivity contribution in [3.63, 3.8) is 0 Å². The van der Waals surface area contributed by atoms with E-state index in [4.69, 9.17) is 5.73 Å². The van der Waals surface area contributed by atoms with Crippen molar-refractivity contribution < 1.29 is 4.52 Å². The van der Waals surface area contributed by atoms with Crippen LogP contribution in [0.3, 0.4) is 0 Å². The molecule has 0 amide bonds. The average molecular weight is 128 g/mol. The van der Waals surface area contributed by atoms with E-state index in [9.17, 15) is 0 Å². The van der Waals surface area contributed by atoms with Crippen LogP contribution >= 0.6 is 12.2 Å². The highest BCUT2D eigenvalue weighted by Crippen LogP contribution is 1.93. The van der Waals surface area contributed by atoms with Gasteiger partial charge in [-0.1, -0.05) is 17.4 Å². The fourth-order valence-corrected chi connectivity index (χ4v) is 0.427. The molecule has 4 heteroatoms. The number of hydrogen-bond donors (Lipinski definition) is 1. The van der Waals surface area contributed by atoms with E-state index in [2.05, 4.69) is 21.9 Å². The van der Waals surface area contributed by atoms with Gasteiger partial charge in [0, 0.05) is 0 Å². The highest BCUT2D eigenvalue weighted by molar-refractivity contribution is 7.80. The van der Waals surface area contributed by atoms with Gasteiger partial charge >= 0.3 is 0 Å². The summed E-state index contributed by atoms with van der Waals surface area (Å²) in [6.45, 7) is 0. The van der Waals surface area contributed by atoms with Crippen molar-refractivity contribution >= 4 is 17.2 Å². The van der Waals surface area contributed by atoms with E-state index < -0.39 is 0 Å². The molecule has 0 aliphatic carbocycles. The number of hydrogen-bond acceptors (Lipinski definition) is 3. The van der Waals surface area contributed by atoms with Gasteiger partial charge < -0.3 is 10.3 Å². The summed E-state index contributed by atoms with van der Waals surface area (Å²) in [5.74, 6) is 0. The van der Waals surface area contributed by atoms with E-state index in [0.717, 1.165) is 0 Å². The van der Waals surface area contributed by atoms with Crippen LogP contribution in [0.25, 0.3) is 0 Å². The molecule has 1 rings (SSSR count). The third-order valence-electron chi connectivity index (χ3n) is 0.717. The highest BCUT2D eigenvalue weighted by atomic mass is 32.1. The SMILES string of the molecule is NC(=S)c1cnoc1. The van der Waals surface area contributed by atoms with Crippen molar-refractivity contribution in [2.75, 3.05) is 0 Å². The number of nitrogens with zero attached hydrogens (tertiary/aromatic N) is 1. The zero-order chi connectivity index (χ0) is 5.98. The van der Waals surface area contributed by atoms with Crippen LogP contribution in [0, 0.1) is 0 Å². The van der Waals surface area contributed by atoms with Gasteiger partial charge in [-0.15, -0.1) is 0 Å². The van der Waals surface area contributed by atoms with Crippen LogP contribution in [-0.2, 0) is 0 Å². The molecule has 1 aromatic rings. The standard InChI is InChI=1S/C4H4N2OS/c5-4(8)3-1-6-7-2-3/h1-2H,(H2,5,8). The van der Waals surface area contributed by atoms with Crippen molar-refractivity contribution in [3.8, 4) is 0 Å². The van der Waals surface area contributed by atoms with Gasteiger partial charge in [0.2, 0.25) is 0 Å². The minimum Gasteiger partial charge on any atom is -0.389 e. The molecule has 2 N–H and O–H groups in total. The molecule has 8 heavy (non-hydrogen) atoms. The van der Waals surface area contributed by atoms with Gasteiger partial charge in [0.25, 0.3) is 0 Å². The van der Waals surface area contributed by atoms with E-state index >= 15 is 0 Å². The largest absolute Gasteiger partial charge is 0.389 e. The van der Waals surface area contributed by atoms with Crippen LogP contribution in [0.2, 0.25) is 0 Å². The lowest BCUT2D eigenvalue weighted by Crippen LogP contribution is -2.07. The summed E-state index contributed by atoms with van der Waals surface area (Å²) in [4.78, 5) is 0.311. The maximum Gasteiger partial charge on any atom is 0.133 e. The number of nitrogens with two attached hydrogens (primary N) is 1. The van der Waals surface area contributed by atoms with E-state index in [1.165, 1.54) is 12.5 Å². The van der Waals surface area contributed by atoms with E-state index in [1.54, 1.807) is 0 Å². The van der Waals surface area contributed by atoms with Crippen LogP contribution in [-0.4, -0.2) is 10.1 Å². The van der Waals surface area contributed by atoms with Gasteiger partial charge in [0.15, 0.2) is 0 Å². The average Bonchev–Trinajstić information content (AvgIpc) is 2.12. The zero-order valence-corrected chi connectivity index (χ0v) is 4.81. The molecule has 0 aromatic carbocycles. The first kappa shape index (κ1) is 5.24. The molecule has 0 bridgehead atoms. The van der Waals surface area contributed by atoms with E-state index in [-0.39, 0.29) is 0 Å². The summed E-state index contributed by atoms with van der Waals surface area (Å²) in [6, 6.07) is 0. The molecule has 3 nitrogen and oxygen atoms in total. The molecule has 0 unspecified atom stereocenters. The van der Waals surface area contributed by atoms with Gasteiger partial charge in [0.1, 0.15) is 11.3 Å². The fraction of sp³-hybridized carbons (Fsp3) is 0. The summed E-state index contributed by atoms with van der Waals surface area (Å²) in [6.07, 6.45) is 2.88. The van der Waals surface area contributed by atoms with Gasteiger partial charge in [-0.3, -0.25) is 0 Å². The van der Waals surface area contributed by atoms with Gasteiger partial charge in [0.05, 0.1) is 11.8 Å². The third-order valence-corrected chi connectivity index (χ3v) is 0.953. The van der Waals surface area contributed by atoms with E-state index in [1.807, 2.05) is 0 Å². The molecule has 42 valence electrons. The maximum atomic E-state index is 5.19. The Morgan fingerprint density at radius 3 is 2.88 bits per heavy atom. The Kier molecular flexibility index (Phi) is 1.26. The number of rotatable bonds is 1. The molecule has 1 heterocycles. The van der Waals surface area contributed by atoms with Gasteiger partial charge in [-0.2, -0.15) is 0 Å². The second kappa shape index (κ2) is 1.92. The Hall–Kier alpha value is -0.900. The minimum atomic E-state index is 0.311. The second-order valence-electron chi connectivity index (χ2n) is 1.28. The molecule has 1 aromatic heterocycles. The van der Waals surface area contributed by atoms with Crippen molar-refractivity contribution in [1.29, 1.82) is 0 Å². The minimum absolute atomic E-state index is 0.311. The lowest BCUT2D eigenvalue weighted by molar-refractivity contribution is 0.419. The molecule has 0 fully saturated rings. The quantitative estimate of drug-likeness (QED) is 0.553. The second-order valence-corrected chi connectivity index (χ2v) is 1.72. The lowest BCUT2D eigenvalue weighted by Gasteiger charge is -1.81. The van der Waals surface area contributed by atoms with Crippen molar-refractivity contribution in [2.24, 2.45) is 5.73 Å². The summed E-state index contributed by atoms with van der Waals surface area (Å²) < 4.78 is 4.46. The van der Waals surface area contributed by atoms with Crippen molar-refractivity contribution in [1.82, 2.24) is 5.16 Å². The van der Waals surface area contributed by atoms with Crippen LogP contribution in [0.1, 0.15) is 5.56 Å². The lowest BCUT2D eigenvalue weighted by atomic mass is 10.4. The molecular formula is C4H4N2OS. The summed E-state index contributed by atoms with van der Waals surface area (Å²) in [5.41, 5.74) is 5.86. The van der Waals surface area contributed by atoms with Crippen LogP contribution in [0.4, 0.5) is 0 Å². The fourth-order valence-electron chi connectivity index (χ4n) is 0.327. The molecule has 0 atom stereocenters. The Bertz CT molecular complexity index is 182. The molecule has 0 aliphatic rings. The van der Waals surface area contributed by atoms with Crippen LogP contribution in [0.15, 0.2) is 17.0 Å². The first-order valence-corrected chi connectivity index (χ1v) is 2.40. The maximum absolute atomic E-state index is 5.19. The van der Waals surface area contributed by atoms with Gasteiger partial charge in [-0.05, 0) is 0 Å². The Labute approximate surface area is 51.5 Å². The molecule has 0 aliphatic heterocycles. The van der Waals surface area contributed by atoms with Crippen LogP contribution < -0.4 is 5.73 Å². The Morgan fingerprint density at radius 1 is 1.88 bits per heavy atom. The number of thiocarbonyl (C=S) groups is 1. The smallest absolute Gasteiger partial charge is 0.133 e. The summed E-state index contributed by atoms with van der Waals surface area (Å²) in [5, 5.41) is 3.40. The Morgan fingerprint density at radius 2 is 2.62 bits per heavy atom. The number of aromatic nitrogens is 1. The van der Waals surface area contributed by atoms with Crippen molar-refractivity contribution in [2.45, 2.75) is 0 Å². The first-order valence-electron chi connectivity index (χ1n) is 2.00. The van der Waals surface area contributed by atoms with Crippen LogP contribution in [0.5, 0.6) is 0 Å². The predicted molar refractivity (Wildman–Crippen MR) is 32.4 cm³/mol. The molecule has 0 saturated carbocycles. The van der Waals surface area contributed by atoms with Crippen molar-refractivity contribution in [3.05, 3.63) is 18.0 Å². The molecular weight excluding hydrogens is 124 g/mol. The predicted octanol–water partition coefficient (Wildman–Crippen LogP) is 0.309. The zero-order valence-electron chi connectivity index (χ0n) is 4.00. The Balaban J connectivity index is 2.93. The third kappa shape index (κ3) is 0.840. The highest BCUT2D eigenvalue weighted by Gasteiger charge is 1.94.